The number of benzene rings is 2. The third-order valence-electron chi connectivity index (χ3n) is 6.48. The highest BCUT2D eigenvalue weighted by molar-refractivity contribution is 5.70. The smallest absolute Gasteiger partial charge is 0.252 e. The van der Waals surface area contributed by atoms with Crippen molar-refractivity contribution in [3.63, 3.8) is 0 Å². The van der Waals surface area contributed by atoms with Gasteiger partial charge in [0.15, 0.2) is 17.5 Å². The normalized spacial score (nSPS) is 14.4. The summed E-state index contributed by atoms with van der Waals surface area (Å²) in [6, 6.07) is 15.3. The van der Waals surface area contributed by atoms with Gasteiger partial charge in [-0.15, -0.1) is 5.10 Å². The molecule has 8 heteroatoms. The maximum absolute atomic E-state index is 14.8. The van der Waals surface area contributed by atoms with Crippen LogP contribution in [0.5, 0.6) is 0 Å². The van der Waals surface area contributed by atoms with E-state index in [4.69, 9.17) is 4.42 Å². The first kappa shape index (κ1) is 22.3. The fourth-order valence-electron chi connectivity index (χ4n) is 4.66. The minimum Gasteiger partial charge on any atom is -0.441 e. The van der Waals surface area contributed by atoms with E-state index in [-0.39, 0.29) is 5.82 Å². The van der Waals surface area contributed by atoms with Crippen LogP contribution in [0.2, 0.25) is 0 Å². The second-order valence-electron chi connectivity index (χ2n) is 9.06. The molecule has 0 radical (unpaired) electrons. The van der Waals surface area contributed by atoms with Crippen molar-refractivity contribution in [2.75, 3.05) is 13.1 Å². The van der Waals surface area contributed by atoms with Gasteiger partial charge in [-0.3, -0.25) is 4.90 Å². The third kappa shape index (κ3) is 4.31. The molecule has 0 aliphatic carbocycles. The van der Waals surface area contributed by atoms with Crippen molar-refractivity contribution >= 4 is 11.4 Å². The summed E-state index contributed by atoms with van der Waals surface area (Å²) in [5.74, 6) is 1.48. The fourth-order valence-corrected chi connectivity index (χ4v) is 4.66. The maximum Gasteiger partial charge on any atom is 0.252 e. The number of aromatic nitrogens is 5. The summed E-state index contributed by atoms with van der Waals surface area (Å²) in [5.41, 5.74) is 5.32. The van der Waals surface area contributed by atoms with E-state index < -0.39 is 5.82 Å². The highest BCUT2D eigenvalue weighted by Crippen LogP contribution is 2.30. The van der Waals surface area contributed by atoms with Gasteiger partial charge in [0.25, 0.3) is 5.78 Å². The molecule has 0 unspecified atom stereocenters. The van der Waals surface area contributed by atoms with Gasteiger partial charge in [-0.05, 0) is 42.7 Å². The van der Waals surface area contributed by atoms with Gasteiger partial charge in [0, 0.05) is 50.1 Å². The summed E-state index contributed by atoms with van der Waals surface area (Å²) in [5, 5.41) is 4.55. The molecule has 1 aliphatic rings. The molecule has 5 aromatic rings. The average Bonchev–Trinajstić information content (AvgIpc) is 3.47. The number of rotatable bonds is 5. The largest absolute Gasteiger partial charge is 0.441 e. The van der Waals surface area contributed by atoms with Crippen LogP contribution in [0.15, 0.2) is 71.4 Å². The Morgan fingerprint density at radius 3 is 2.64 bits per heavy atom. The summed E-state index contributed by atoms with van der Waals surface area (Å²) in [6.45, 7) is 6.44. The van der Waals surface area contributed by atoms with Crippen LogP contribution >= 0.6 is 0 Å². The van der Waals surface area contributed by atoms with Gasteiger partial charge in [0.1, 0.15) is 5.82 Å². The first-order valence-electron chi connectivity index (χ1n) is 12.0. The SMILES string of the molecule is Cc1nc(C)c(-c2ccc(F)c(-c3nc4ncc(C5=CCN(Cc6ccccc6)CC5)cn4n3)c2)o1. The second kappa shape index (κ2) is 9.13. The number of hydrogen-bond donors (Lipinski definition) is 0. The van der Waals surface area contributed by atoms with Crippen LogP contribution in [0.4, 0.5) is 4.39 Å². The molecule has 3 aromatic heterocycles. The third-order valence-corrected chi connectivity index (χ3v) is 6.48. The van der Waals surface area contributed by atoms with Gasteiger partial charge < -0.3 is 4.42 Å². The van der Waals surface area contributed by atoms with E-state index in [1.165, 1.54) is 17.2 Å². The highest BCUT2D eigenvalue weighted by Gasteiger charge is 2.18. The Bertz CT molecular complexity index is 1590. The number of fused-ring (bicyclic) bond motifs is 1. The van der Waals surface area contributed by atoms with Crippen molar-refractivity contribution in [3.8, 4) is 22.7 Å². The quantitative estimate of drug-likeness (QED) is 0.331. The summed E-state index contributed by atoms with van der Waals surface area (Å²) < 4.78 is 22.1. The van der Waals surface area contributed by atoms with E-state index in [0.717, 1.165) is 42.9 Å². The zero-order valence-corrected chi connectivity index (χ0v) is 20.1. The predicted molar refractivity (Wildman–Crippen MR) is 135 cm³/mol. The summed E-state index contributed by atoms with van der Waals surface area (Å²) in [7, 11) is 0. The van der Waals surface area contributed by atoms with Crippen LogP contribution in [0.1, 0.15) is 29.1 Å². The van der Waals surface area contributed by atoms with E-state index in [9.17, 15) is 4.39 Å². The molecule has 180 valence electrons. The van der Waals surface area contributed by atoms with Crippen molar-refractivity contribution in [1.82, 2.24) is 29.5 Å². The molecule has 0 N–H and O–H groups in total. The van der Waals surface area contributed by atoms with E-state index in [1.807, 2.05) is 25.4 Å². The Balaban J connectivity index is 1.26. The molecule has 4 heterocycles. The molecule has 6 rings (SSSR count). The summed E-state index contributed by atoms with van der Waals surface area (Å²) in [6.07, 6.45) is 6.91. The van der Waals surface area contributed by atoms with Crippen LogP contribution < -0.4 is 0 Å². The standard InChI is InChI=1S/C28H25FN6O/c1-18-26(36-19(2)31-18)22-8-9-25(29)24(14-22)27-32-28-30-15-23(17-35(28)33-27)21-10-12-34(13-11-21)16-20-6-4-3-5-7-20/h3-10,14-15,17H,11-13,16H2,1-2H3. The maximum atomic E-state index is 14.8. The Hall–Kier alpha value is -4.17. The number of oxazole rings is 1. The first-order chi connectivity index (χ1) is 17.5. The molecule has 36 heavy (non-hydrogen) atoms. The minimum atomic E-state index is -0.405. The summed E-state index contributed by atoms with van der Waals surface area (Å²) >= 11 is 0. The van der Waals surface area contributed by atoms with Gasteiger partial charge in [-0.25, -0.2) is 18.9 Å². The molecule has 0 bridgehead atoms. The lowest BCUT2D eigenvalue weighted by Gasteiger charge is -2.26. The van der Waals surface area contributed by atoms with Crippen LogP contribution in [0, 0.1) is 19.7 Å². The van der Waals surface area contributed by atoms with E-state index >= 15 is 0 Å². The Kier molecular flexibility index (Phi) is 5.65. The van der Waals surface area contributed by atoms with Crippen molar-refractivity contribution in [1.29, 1.82) is 0 Å². The average molecular weight is 481 g/mol. The second-order valence-corrected chi connectivity index (χ2v) is 9.06. The van der Waals surface area contributed by atoms with Gasteiger partial charge in [0.2, 0.25) is 0 Å². The van der Waals surface area contributed by atoms with Gasteiger partial charge >= 0.3 is 0 Å². The predicted octanol–water partition coefficient (Wildman–Crippen LogP) is 5.49. The monoisotopic (exact) mass is 480 g/mol. The molecule has 1 aliphatic heterocycles. The lowest BCUT2D eigenvalue weighted by molar-refractivity contribution is 0.294. The van der Waals surface area contributed by atoms with Crippen LogP contribution in [-0.2, 0) is 6.54 Å². The molecule has 7 nitrogen and oxygen atoms in total. The topological polar surface area (TPSA) is 72.4 Å². The molecule has 0 atom stereocenters. The molecule has 2 aromatic carbocycles. The van der Waals surface area contributed by atoms with Gasteiger partial charge in [-0.2, -0.15) is 4.98 Å². The lowest BCUT2D eigenvalue weighted by atomic mass is 10.0. The van der Waals surface area contributed by atoms with E-state index in [2.05, 4.69) is 55.3 Å². The van der Waals surface area contributed by atoms with Crippen molar-refractivity contribution in [3.05, 3.63) is 95.5 Å². The van der Waals surface area contributed by atoms with Crippen molar-refractivity contribution < 1.29 is 8.81 Å². The number of hydrogen-bond acceptors (Lipinski definition) is 6. The summed E-state index contributed by atoms with van der Waals surface area (Å²) in [4.78, 5) is 15.7. The van der Waals surface area contributed by atoms with Crippen molar-refractivity contribution in [2.24, 2.45) is 0 Å². The number of halogens is 1. The molecular formula is C28H25FN6O. The molecular weight excluding hydrogens is 455 g/mol. The molecule has 0 saturated heterocycles. The zero-order valence-electron chi connectivity index (χ0n) is 20.1. The minimum absolute atomic E-state index is 0.277. The van der Waals surface area contributed by atoms with Gasteiger partial charge in [-0.1, -0.05) is 36.4 Å². The Labute approximate surface area is 208 Å². The molecule has 0 spiro atoms. The van der Waals surface area contributed by atoms with Gasteiger partial charge in [0.05, 0.1) is 11.3 Å². The van der Waals surface area contributed by atoms with Crippen LogP contribution in [0.3, 0.4) is 0 Å². The molecule has 0 amide bonds. The Morgan fingerprint density at radius 2 is 1.89 bits per heavy atom. The van der Waals surface area contributed by atoms with Crippen molar-refractivity contribution in [2.45, 2.75) is 26.8 Å². The van der Waals surface area contributed by atoms with Crippen LogP contribution in [-0.4, -0.2) is 42.6 Å². The fraction of sp³-hybridized carbons (Fsp3) is 0.214. The Morgan fingerprint density at radius 1 is 1.03 bits per heavy atom. The zero-order chi connectivity index (χ0) is 24.6. The lowest BCUT2D eigenvalue weighted by Crippen LogP contribution is -2.28. The molecule has 0 saturated carbocycles. The van der Waals surface area contributed by atoms with E-state index in [1.54, 1.807) is 23.6 Å². The number of aryl methyl sites for hydroxylation is 2. The van der Waals surface area contributed by atoms with E-state index in [0.29, 0.717) is 23.0 Å². The molecule has 0 fully saturated rings. The highest BCUT2D eigenvalue weighted by atomic mass is 19.1. The van der Waals surface area contributed by atoms with Crippen LogP contribution in [0.25, 0.3) is 34.1 Å². The first-order valence-corrected chi connectivity index (χ1v) is 12.0. The number of nitrogens with zero attached hydrogens (tertiary/aromatic N) is 6.